The molecule has 1 atom stereocenters. The van der Waals surface area contributed by atoms with E-state index in [1.165, 1.54) is 12.0 Å². The number of carboxylic acids is 1. The molecule has 1 aromatic carbocycles. The van der Waals surface area contributed by atoms with Crippen molar-refractivity contribution in [1.82, 2.24) is 9.88 Å². The van der Waals surface area contributed by atoms with Gasteiger partial charge in [-0.1, -0.05) is 0 Å². The average Bonchev–Trinajstić information content (AvgIpc) is 3.08. The number of likely N-dealkylation sites (tertiary alicyclic amines) is 1. The van der Waals surface area contributed by atoms with Crippen molar-refractivity contribution < 1.29 is 24.2 Å². The van der Waals surface area contributed by atoms with Crippen molar-refractivity contribution in [1.29, 1.82) is 0 Å². The van der Waals surface area contributed by atoms with Crippen molar-refractivity contribution in [2.45, 2.75) is 12.8 Å². The molecule has 3 N–H and O–H groups in total. The summed E-state index contributed by atoms with van der Waals surface area (Å²) in [5.41, 5.74) is 1.48. The van der Waals surface area contributed by atoms with Gasteiger partial charge in [-0.15, -0.1) is 0 Å². The van der Waals surface area contributed by atoms with E-state index in [1.807, 2.05) is 0 Å². The van der Waals surface area contributed by atoms with Crippen LogP contribution in [0.2, 0.25) is 0 Å². The van der Waals surface area contributed by atoms with Gasteiger partial charge in [0.2, 0.25) is 0 Å². The maximum atomic E-state index is 12.5. The predicted octanol–water partition coefficient (Wildman–Crippen LogP) is 2.28. The Morgan fingerprint density at radius 3 is 2.88 bits per heavy atom. The number of urea groups is 1. The van der Waals surface area contributed by atoms with Crippen molar-refractivity contribution in [3.05, 3.63) is 30.0 Å². The first-order chi connectivity index (χ1) is 12.0. The van der Waals surface area contributed by atoms with E-state index in [1.54, 1.807) is 24.4 Å². The Bertz CT molecular complexity index is 829. The summed E-state index contributed by atoms with van der Waals surface area (Å²) in [6.07, 6.45) is 2.91. The van der Waals surface area contributed by atoms with Gasteiger partial charge in [-0.3, -0.25) is 4.79 Å². The monoisotopic (exact) mass is 345 g/mol. The van der Waals surface area contributed by atoms with Gasteiger partial charge in [0, 0.05) is 35.9 Å². The fourth-order valence-corrected chi connectivity index (χ4v) is 3.08. The minimum Gasteiger partial charge on any atom is -0.481 e. The van der Waals surface area contributed by atoms with Crippen LogP contribution < -0.4 is 5.32 Å². The number of piperidine rings is 1. The molecule has 8 nitrogen and oxygen atoms in total. The summed E-state index contributed by atoms with van der Waals surface area (Å²) in [4.78, 5) is 40.0. The first kappa shape index (κ1) is 16.8. The van der Waals surface area contributed by atoms with Gasteiger partial charge < -0.3 is 25.0 Å². The molecular weight excluding hydrogens is 326 g/mol. The first-order valence-corrected chi connectivity index (χ1v) is 7.97. The van der Waals surface area contributed by atoms with Gasteiger partial charge in [-0.25, -0.2) is 9.59 Å². The highest BCUT2D eigenvalue weighted by molar-refractivity contribution is 6.06. The minimum atomic E-state index is -0.890. The number of anilines is 1. The van der Waals surface area contributed by atoms with Crippen LogP contribution in [0.3, 0.4) is 0 Å². The van der Waals surface area contributed by atoms with Gasteiger partial charge in [0.1, 0.15) is 0 Å². The molecule has 1 saturated heterocycles. The highest BCUT2D eigenvalue weighted by Crippen LogP contribution is 2.25. The Labute approximate surface area is 143 Å². The molecule has 2 heterocycles. The smallest absolute Gasteiger partial charge is 0.338 e. The van der Waals surface area contributed by atoms with Gasteiger partial charge in [0.05, 0.1) is 18.6 Å². The van der Waals surface area contributed by atoms with Gasteiger partial charge in [-0.05, 0) is 31.0 Å². The van der Waals surface area contributed by atoms with Crippen LogP contribution in [0.15, 0.2) is 24.4 Å². The summed E-state index contributed by atoms with van der Waals surface area (Å²) in [5, 5.41) is 12.6. The lowest BCUT2D eigenvalue weighted by Crippen LogP contribution is -2.44. The fraction of sp³-hybridized carbons (Fsp3) is 0.353. The molecule has 0 radical (unpaired) electrons. The second-order valence-electron chi connectivity index (χ2n) is 6.01. The molecule has 1 aliphatic rings. The molecule has 2 aromatic rings. The number of aliphatic carboxylic acids is 1. The number of carboxylic acid groups (broad SMARTS) is 1. The maximum Gasteiger partial charge on any atom is 0.338 e. The van der Waals surface area contributed by atoms with Gasteiger partial charge in [0.25, 0.3) is 0 Å². The van der Waals surface area contributed by atoms with Crippen LogP contribution in [0, 0.1) is 5.92 Å². The molecule has 0 spiro atoms. The number of carbonyl (C=O) groups is 3. The Morgan fingerprint density at radius 1 is 1.36 bits per heavy atom. The van der Waals surface area contributed by atoms with Crippen LogP contribution in [-0.4, -0.2) is 53.2 Å². The van der Waals surface area contributed by atoms with E-state index in [9.17, 15) is 14.4 Å². The number of amides is 2. The van der Waals surface area contributed by atoms with E-state index < -0.39 is 17.9 Å². The number of ether oxygens (including phenoxy) is 1. The number of aromatic amines is 1. The third-order valence-corrected chi connectivity index (χ3v) is 4.38. The molecule has 1 aliphatic heterocycles. The Kier molecular flexibility index (Phi) is 4.60. The lowest BCUT2D eigenvalue weighted by molar-refractivity contribution is -0.143. The summed E-state index contributed by atoms with van der Waals surface area (Å²) in [5.74, 6) is -1.93. The zero-order valence-electron chi connectivity index (χ0n) is 13.7. The van der Waals surface area contributed by atoms with E-state index in [0.29, 0.717) is 41.5 Å². The molecule has 25 heavy (non-hydrogen) atoms. The topological polar surface area (TPSA) is 112 Å². The molecule has 2 amide bonds. The SMILES string of the molecule is COC(=O)c1cc(NC(=O)N2CCCC(C(=O)O)C2)cc2[nH]ccc12. The number of fused-ring (bicyclic) bond motifs is 1. The van der Waals surface area contributed by atoms with Gasteiger partial charge in [0.15, 0.2) is 0 Å². The quantitative estimate of drug-likeness (QED) is 0.739. The number of benzene rings is 1. The van der Waals surface area contributed by atoms with Gasteiger partial charge in [-0.2, -0.15) is 0 Å². The Balaban J connectivity index is 1.81. The number of hydrogen-bond acceptors (Lipinski definition) is 4. The number of esters is 1. The molecule has 8 heteroatoms. The van der Waals surface area contributed by atoms with Crippen LogP contribution in [0.25, 0.3) is 10.9 Å². The van der Waals surface area contributed by atoms with E-state index in [2.05, 4.69) is 10.3 Å². The molecule has 0 aliphatic carbocycles. The lowest BCUT2D eigenvalue weighted by atomic mass is 9.99. The highest BCUT2D eigenvalue weighted by Gasteiger charge is 2.28. The van der Waals surface area contributed by atoms with Crippen LogP contribution in [0.1, 0.15) is 23.2 Å². The van der Waals surface area contributed by atoms with E-state index >= 15 is 0 Å². The predicted molar refractivity (Wildman–Crippen MR) is 90.6 cm³/mol. The minimum absolute atomic E-state index is 0.176. The number of H-pyrrole nitrogens is 1. The number of nitrogens with one attached hydrogen (secondary N) is 2. The zero-order valence-corrected chi connectivity index (χ0v) is 13.7. The number of carbonyl (C=O) groups excluding carboxylic acids is 2. The zero-order chi connectivity index (χ0) is 18.0. The fourth-order valence-electron chi connectivity index (χ4n) is 3.08. The van der Waals surface area contributed by atoms with Crippen molar-refractivity contribution >= 4 is 34.6 Å². The van der Waals surface area contributed by atoms with Crippen molar-refractivity contribution in [2.24, 2.45) is 5.92 Å². The first-order valence-electron chi connectivity index (χ1n) is 7.97. The highest BCUT2D eigenvalue weighted by atomic mass is 16.5. The summed E-state index contributed by atoms with van der Waals surface area (Å²) >= 11 is 0. The lowest BCUT2D eigenvalue weighted by Gasteiger charge is -2.30. The van der Waals surface area contributed by atoms with Crippen molar-refractivity contribution in [3.8, 4) is 0 Å². The number of aromatic nitrogens is 1. The molecule has 0 saturated carbocycles. The summed E-state index contributed by atoms with van der Waals surface area (Å²) < 4.78 is 4.79. The summed E-state index contributed by atoms with van der Waals surface area (Å²) in [6, 6.07) is 4.65. The number of nitrogens with zero attached hydrogens (tertiary/aromatic N) is 1. The number of rotatable bonds is 3. The molecule has 1 aromatic heterocycles. The molecule has 132 valence electrons. The summed E-state index contributed by atoms with van der Waals surface area (Å²) in [7, 11) is 1.30. The molecule has 1 unspecified atom stereocenters. The van der Waals surface area contributed by atoms with Crippen LogP contribution >= 0.6 is 0 Å². The molecular formula is C17H19N3O5. The van der Waals surface area contributed by atoms with E-state index in [-0.39, 0.29) is 12.6 Å². The van der Waals surface area contributed by atoms with E-state index in [0.717, 1.165) is 0 Å². The number of hydrogen-bond donors (Lipinski definition) is 3. The standard InChI is InChI=1S/C17H19N3O5/c1-25-16(23)13-7-11(8-14-12(13)4-5-18-14)19-17(24)20-6-2-3-10(9-20)15(21)22/h4-5,7-8,10,18H,2-3,6,9H2,1H3,(H,19,24)(H,21,22). The van der Waals surface area contributed by atoms with E-state index in [4.69, 9.17) is 9.84 Å². The second-order valence-corrected chi connectivity index (χ2v) is 6.01. The van der Waals surface area contributed by atoms with Gasteiger partial charge >= 0.3 is 18.0 Å². The van der Waals surface area contributed by atoms with Crippen LogP contribution in [0.5, 0.6) is 0 Å². The average molecular weight is 345 g/mol. The van der Waals surface area contributed by atoms with Crippen LogP contribution in [-0.2, 0) is 9.53 Å². The maximum absolute atomic E-state index is 12.5. The van der Waals surface area contributed by atoms with Crippen molar-refractivity contribution in [3.63, 3.8) is 0 Å². The van der Waals surface area contributed by atoms with Crippen LogP contribution in [0.4, 0.5) is 10.5 Å². The molecule has 0 bridgehead atoms. The summed E-state index contributed by atoms with van der Waals surface area (Å²) in [6.45, 7) is 0.681. The largest absolute Gasteiger partial charge is 0.481 e. The molecule has 1 fully saturated rings. The molecule has 3 rings (SSSR count). The van der Waals surface area contributed by atoms with Crippen molar-refractivity contribution in [2.75, 3.05) is 25.5 Å². The number of methoxy groups -OCH3 is 1. The Morgan fingerprint density at radius 2 is 2.16 bits per heavy atom. The third-order valence-electron chi connectivity index (χ3n) is 4.38. The normalized spacial score (nSPS) is 17.3. The second kappa shape index (κ2) is 6.84. The third kappa shape index (κ3) is 3.42. The Hall–Kier alpha value is -3.03.